The minimum atomic E-state index is -0.114. The van der Waals surface area contributed by atoms with E-state index in [0.29, 0.717) is 17.4 Å². The topological polar surface area (TPSA) is 54.0 Å². The summed E-state index contributed by atoms with van der Waals surface area (Å²) in [4.78, 5) is 16.8. The van der Waals surface area contributed by atoms with Gasteiger partial charge in [-0.15, -0.1) is 0 Å². The van der Waals surface area contributed by atoms with Gasteiger partial charge in [0.25, 0.3) is 5.91 Å². The summed E-state index contributed by atoms with van der Waals surface area (Å²) in [5.74, 6) is 1.61. The predicted molar refractivity (Wildman–Crippen MR) is 101 cm³/mol. The molecule has 0 aliphatic rings. The first-order valence-electron chi connectivity index (χ1n) is 8.57. The second kappa shape index (κ2) is 8.48. The van der Waals surface area contributed by atoms with Crippen molar-refractivity contribution in [3.8, 4) is 0 Å². The molecule has 0 fully saturated rings. The van der Waals surface area contributed by atoms with E-state index in [0.717, 1.165) is 30.0 Å². The van der Waals surface area contributed by atoms with E-state index in [2.05, 4.69) is 43.3 Å². The molecule has 4 nitrogen and oxygen atoms in total. The zero-order chi connectivity index (χ0) is 17.5. The molecule has 24 heavy (non-hydrogen) atoms. The van der Waals surface area contributed by atoms with Gasteiger partial charge in [0.1, 0.15) is 5.82 Å². The van der Waals surface area contributed by atoms with Crippen molar-refractivity contribution >= 4 is 17.4 Å². The molecule has 2 N–H and O–H groups in total. The number of hydrogen-bond donors (Lipinski definition) is 2. The first-order chi connectivity index (χ1) is 11.5. The highest BCUT2D eigenvalue weighted by Gasteiger charge is 2.11. The van der Waals surface area contributed by atoms with Crippen molar-refractivity contribution in [1.82, 2.24) is 4.98 Å². The van der Waals surface area contributed by atoms with Crippen molar-refractivity contribution in [3.05, 3.63) is 53.7 Å². The highest BCUT2D eigenvalue weighted by Crippen LogP contribution is 2.24. The maximum absolute atomic E-state index is 12.6. The fraction of sp³-hybridized carbons (Fsp3) is 0.400. The zero-order valence-corrected chi connectivity index (χ0v) is 15.0. The maximum atomic E-state index is 12.6. The van der Waals surface area contributed by atoms with Crippen molar-refractivity contribution < 1.29 is 4.79 Å². The summed E-state index contributed by atoms with van der Waals surface area (Å²) in [6, 6.07) is 11.5. The molecule has 4 heteroatoms. The summed E-state index contributed by atoms with van der Waals surface area (Å²) in [7, 11) is 0. The SMILES string of the molecule is CC(C)CCNc1cc(C(=O)Nc2ccccc2C(C)C)ccn1. The van der Waals surface area contributed by atoms with E-state index >= 15 is 0 Å². The lowest BCUT2D eigenvalue weighted by atomic mass is 10.0. The van der Waals surface area contributed by atoms with Crippen LogP contribution in [0.15, 0.2) is 42.6 Å². The van der Waals surface area contributed by atoms with Gasteiger partial charge in [-0.25, -0.2) is 4.98 Å². The van der Waals surface area contributed by atoms with Crippen LogP contribution in [-0.2, 0) is 0 Å². The van der Waals surface area contributed by atoms with Crippen molar-refractivity contribution in [2.45, 2.75) is 40.0 Å². The molecule has 0 aliphatic carbocycles. The van der Waals surface area contributed by atoms with Crippen LogP contribution in [0.2, 0.25) is 0 Å². The molecule has 0 atom stereocenters. The summed E-state index contributed by atoms with van der Waals surface area (Å²) in [6.07, 6.45) is 2.74. The van der Waals surface area contributed by atoms with Crippen LogP contribution < -0.4 is 10.6 Å². The Morgan fingerprint density at radius 1 is 1.12 bits per heavy atom. The molecule has 0 spiro atoms. The Kier molecular flexibility index (Phi) is 6.36. The lowest BCUT2D eigenvalue weighted by molar-refractivity contribution is 0.102. The Bertz CT molecular complexity index is 680. The molecule has 2 aromatic rings. The quantitative estimate of drug-likeness (QED) is 0.760. The number of carbonyl (C=O) groups excluding carboxylic acids is 1. The van der Waals surface area contributed by atoms with Crippen molar-refractivity contribution in [2.75, 3.05) is 17.2 Å². The summed E-state index contributed by atoms with van der Waals surface area (Å²) in [6.45, 7) is 9.46. The molecule has 2 rings (SSSR count). The molecule has 0 bridgehead atoms. The number of para-hydroxylation sites is 1. The number of hydrogen-bond acceptors (Lipinski definition) is 3. The fourth-order valence-electron chi connectivity index (χ4n) is 2.47. The summed E-state index contributed by atoms with van der Waals surface area (Å²) in [5, 5.41) is 6.29. The van der Waals surface area contributed by atoms with Gasteiger partial charge < -0.3 is 10.6 Å². The van der Waals surface area contributed by atoms with Gasteiger partial charge in [-0.3, -0.25) is 4.79 Å². The molecule has 128 valence electrons. The molecule has 0 aliphatic heterocycles. The Morgan fingerprint density at radius 3 is 2.58 bits per heavy atom. The number of rotatable bonds is 7. The predicted octanol–water partition coefficient (Wildman–Crippen LogP) is 4.92. The normalized spacial score (nSPS) is 10.9. The lowest BCUT2D eigenvalue weighted by Crippen LogP contribution is -2.14. The highest BCUT2D eigenvalue weighted by molar-refractivity contribution is 6.05. The Morgan fingerprint density at radius 2 is 1.88 bits per heavy atom. The van der Waals surface area contributed by atoms with Crippen LogP contribution in [0.3, 0.4) is 0 Å². The summed E-state index contributed by atoms with van der Waals surface area (Å²) in [5.41, 5.74) is 2.61. The minimum absolute atomic E-state index is 0.114. The smallest absolute Gasteiger partial charge is 0.255 e. The monoisotopic (exact) mass is 325 g/mol. The molecule has 0 saturated heterocycles. The largest absolute Gasteiger partial charge is 0.370 e. The first kappa shape index (κ1) is 18.0. The van der Waals surface area contributed by atoms with E-state index in [4.69, 9.17) is 0 Å². The van der Waals surface area contributed by atoms with Crippen LogP contribution in [0.1, 0.15) is 56.0 Å². The summed E-state index contributed by atoms with van der Waals surface area (Å²) < 4.78 is 0. The number of aromatic nitrogens is 1. The number of nitrogens with zero attached hydrogens (tertiary/aromatic N) is 1. The van der Waals surface area contributed by atoms with Gasteiger partial charge in [0, 0.05) is 24.0 Å². The molecule has 1 aromatic heterocycles. The first-order valence-corrected chi connectivity index (χ1v) is 8.57. The van der Waals surface area contributed by atoms with Crippen molar-refractivity contribution in [1.29, 1.82) is 0 Å². The van der Waals surface area contributed by atoms with Crippen LogP contribution in [0.25, 0.3) is 0 Å². The van der Waals surface area contributed by atoms with E-state index in [9.17, 15) is 4.79 Å². The molecule has 1 heterocycles. The van der Waals surface area contributed by atoms with Gasteiger partial charge in [0.2, 0.25) is 0 Å². The van der Waals surface area contributed by atoms with Gasteiger partial charge >= 0.3 is 0 Å². The molecule has 1 amide bonds. The lowest BCUT2D eigenvalue weighted by Gasteiger charge is -2.14. The van der Waals surface area contributed by atoms with E-state index < -0.39 is 0 Å². The van der Waals surface area contributed by atoms with E-state index in [-0.39, 0.29) is 5.91 Å². The highest BCUT2D eigenvalue weighted by atomic mass is 16.1. The molecule has 1 aromatic carbocycles. The van der Waals surface area contributed by atoms with E-state index in [1.165, 1.54) is 0 Å². The van der Waals surface area contributed by atoms with Crippen LogP contribution in [0.5, 0.6) is 0 Å². The van der Waals surface area contributed by atoms with Gasteiger partial charge in [-0.2, -0.15) is 0 Å². The van der Waals surface area contributed by atoms with Gasteiger partial charge in [-0.05, 0) is 42.0 Å². The number of nitrogens with one attached hydrogen (secondary N) is 2. The third kappa shape index (κ3) is 5.08. The Hall–Kier alpha value is -2.36. The molecule has 0 saturated carbocycles. The van der Waals surface area contributed by atoms with Crippen molar-refractivity contribution in [3.63, 3.8) is 0 Å². The Labute approximate surface area is 144 Å². The van der Waals surface area contributed by atoms with Crippen LogP contribution >= 0.6 is 0 Å². The van der Waals surface area contributed by atoms with E-state index in [1.54, 1.807) is 18.3 Å². The molecule has 0 unspecified atom stereocenters. The minimum Gasteiger partial charge on any atom is -0.370 e. The number of carbonyl (C=O) groups is 1. The molecular formula is C20H27N3O. The van der Waals surface area contributed by atoms with Crippen LogP contribution in [-0.4, -0.2) is 17.4 Å². The van der Waals surface area contributed by atoms with E-state index in [1.807, 2.05) is 24.3 Å². The second-order valence-corrected chi connectivity index (χ2v) is 6.74. The number of pyridine rings is 1. The van der Waals surface area contributed by atoms with Crippen LogP contribution in [0.4, 0.5) is 11.5 Å². The van der Waals surface area contributed by atoms with Crippen molar-refractivity contribution in [2.24, 2.45) is 5.92 Å². The third-order valence-electron chi connectivity index (χ3n) is 3.88. The second-order valence-electron chi connectivity index (χ2n) is 6.74. The maximum Gasteiger partial charge on any atom is 0.255 e. The number of benzene rings is 1. The standard InChI is InChI=1S/C20H27N3O/c1-14(2)9-11-21-19-13-16(10-12-22-19)20(24)23-18-8-6-5-7-17(18)15(3)4/h5-8,10,12-15H,9,11H2,1-4H3,(H,21,22)(H,23,24). The average molecular weight is 325 g/mol. The number of amides is 1. The summed E-state index contributed by atoms with van der Waals surface area (Å²) >= 11 is 0. The Balaban J connectivity index is 2.08. The van der Waals surface area contributed by atoms with Crippen LogP contribution in [0, 0.1) is 5.92 Å². The molecule has 0 radical (unpaired) electrons. The number of anilines is 2. The zero-order valence-electron chi connectivity index (χ0n) is 15.0. The van der Waals surface area contributed by atoms with Gasteiger partial charge in [0.05, 0.1) is 0 Å². The fourth-order valence-corrected chi connectivity index (χ4v) is 2.47. The van der Waals surface area contributed by atoms with Gasteiger partial charge in [-0.1, -0.05) is 45.9 Å². The average Bonchev–Trinajstić information content (AvgIpc) is 2.55. The molecular weight excluding hydrogens is 298 g/mol. The van der Waals surface area contributed by atoms with Gasteiger partial charge in [0.15, 0.2) is 0 Å². The third-order valence-corrected chi connectivity index (χ3v) is 3.88.